The zero-order valence-electron chi connectivity index (χ0n) is 11.4. The third-order valence-corrected chi connectivity index (χ3v) is 3.64. The van der Waals surface area contributed by atoms with Gasteiger partial charge in [-0.2, -0.15) is 5.10 Å². The number of nitrogens with two attached hydrogens (primary N) is 1. The highest BCUT2D eigenvalue weighted by Crippen LogP contribution is 2.21. The molecule has 1 heterocycles. The second-order valence-electron chi connectivity index (χ2n) is 4.61. The molecule has 0 atom stereocenters. The molecule has 0 unspecified atom stereocenters. The number of halogens is 2. The Labute approximate surface area is 137 Å². The van der Waals surface area contributed by atoms with E-state index in [4.69, 9.17) is 28.9 Å². The molecule has 110 valence electrons. The summed E-state index contributed by atoms with van der Waals surface area (Å²) in [6.07, 6.45) is 3.36. The fourth-order valence-corrected chi connectivity index (χ4v) is 2.31. The van der Waals surface area contributed by atoms with E-state index < -0.39 is 0 Å². The number of nitrogen functional groups attached to an aromatic ring is 1. The fourth-order valence-electron chi connectivity index (χ4n) is 1.96. The van der Waals surface area contributed by atoms with Gasteiger partial charge in [0, 0.05) is 21.2 Å². The smallest absolute Gasteiger partial charge is 0.221 e. The van der Waals surface area contributed by atoms with Gasteiger partial charge in [-0.3, -0.25) is 0 Å². The van der Waals surface area contributed by atoms with E-state index >= 15 is 0 Å². The van der Waals surface area contributed by atoms with Crippen molar-refractivity contribution in [3.05, 3.63) is 70.3 Å². The van der Waals surface area contributed by atoms with Crippen LogP contribution in [-0.2, 0) is 0 Å². The van der Waals surface area contributed by atoms with Gasteiger partial charge in [0.15, 0.2) is 0 Å². The van der Waals surface area contributed by atoms with Crippen LogP contribution in [-0.4, -0.2) is 15.9 Å². The molecule has 0 saturated heterocycles. The minimum Gasteiger partial charge on any atom is -0.368 e. The molecule has 0 fully saturated rings. The molecule has 22 heavy (non-hydrogen) atoms. The average Bonchev–Trinajstić information content (AvgIpc) is 2.90. The topological polar surface area (TPSA) is 56.2 Å². The van der Waals surface area contributed by atoms with Crippen molar-refractivity contribution < 1.29 is 0 Å². The van der Waals surface area contributed by atoms with Crippen molar-refractivity contribution in [1.82, 2.24) is 9.66 Å². The molecule has 3 rings (SSSR count). The van der Waals surface area contributed by atoms with Gasteiger partial charge >= 0.3 is 0 Å². The van der Waals surface area contributed by atoms with Gasteiger partial charge in [-0.15, -0.1) is 0 Å². The molecule has 2 aromatic carbocycles. The van der Waals surface area contributed by atoms with Crippen molar-refractivity contribution in [2.75, 3.05) is 5.73 Å². The molecule has 1 aromatic heterocycles. The van der Waals surface area contributed by atoms with Crippen LogP contribution < -0.4 is 5.73 Å². The van der Waals surface area contributed by atoms with Crippen LogP contribution in [0, 0.1) is 0 Å². The average molecular weight is 331 g/mol. The normalized spacial score (nSPS) is 11.2. The van der Waals surface area contributed by atoms with Gasteiger partial charge in [-0.05, 0) is 18.2 Å². The van der Waals surface area contributed by atoms with Crippen LogP contribution >= 0.6 is 23.2 Å². The van der Waals surface area contributed by atoms with E-state index in [0.717, 1.165) is 11.3 Å². The van der Waals surface area contributed by atoms with Gasteiger partial charge in [0.1, 0.15) is 0 Å². The van der Waals surface area contributed by atoms with E-state index in [1.807, 2.05) is 30.3 Å². The Morgan fingerprint density at radius 1 is 1.09 bits per heavy atom. The second kappa shape index (κ2) is 6.22. The number of anilines is 1. The summed E-state index contributed by atoms with van der Waals surface area (Å²) in [7, 11) is 0. The first-order valence-electron chi connectivity index (χ1n) is 6.53. The monoisotopic (exact) mass is 330 g/mol. The molecule has 6 heteroatoms. The number of benzene rings is 2. The SMILES string of the molecule is Nc1nc(-c2ccccc2)cn1N=Cc1cc(Cl)ccc1Cl. The molecular weight excluding hydrogens is 319 g/mol. The van der Waals surface area contributed by atoms with Crippen molar-refractivity contribution in [1.29, 1.82) is 0 Å². The lowest BCUT2D eigenvalue weighted by Gasteiger charge is -1.99. The minimum atomic E-state index is 0.299. The predicted molar refractivity (Wildman–Crippen MR) is 91.5 cm³/mol. The molecule has 4 nitrogen and oxygen atoms in total. The number of hydrogen-bond donors (Lipinski definition) is 1. The number of nitrogens with zero attached hydrogens (tertiary/aromatic N) is 3. The summed E-state index contributed by atoms with van der Waals surface area (Å²) in [5.74, 6) is 0.299. The molecule has 0 amide bonds. The minimum absolute atomic E-state index is 0.299. The maximum atomic E-state index is 6.10. The van der Waals surface area contributed by atoms with E-state index in [2.05, 4.69) is 10.1 Å². The zero-order chi connectivity index (χ0) is 15.5. The molecule has 0 radical (unpaired) electrons. The summed E-state index contributed by atoms with van der Waals surface area (Å²) in [6, 6.07) is 14.9. The molecule has 0 saturated carbocycles. The maximum absolute atomic E-state index is 6.10. The van der Waals surface area contributed by atoms with E-state index in [-0.39, 0.29) is 0 Å². The second-order valence-corrected chi connectivity index (χ2v) is 5.45. The molecule has 0 spiro atoms. The van der Waals surface area contributed by atoms with Crippen molar-refractivity contribution in [2.24, 2.45) is 5.10 Å². The predicted octanol–water partition coefficient (Wildman–Crippen LogP) is 4.32. The quantitative estimate of drug-likeness (QED) is 0.727. The van der Waals surface area contributed by atoms with E-state index in [1.165, 1.54) is 4.68 Å². The Bertz CT molecular complexity index is 825. The first kappa shape index (κ1) is 14.6. The lowest BCUT2D eigenvalue weighted by Crippen LogP contribution is -1.97. The number of rotatable bonds is 3. The summed E-state index contributed by atoms with van der Waals surface area (Å²) in [6.45, 7) is 0. The first-order chi connectivity index (χ1) is 10.6. The molecule has 0 aliphatic carbocycles. The van der Waals surface area contributed by atoms with Crippen LogP contribution in [0.1, 0.15) is 5.56 Å². The summed E-state index contributed by atoms with van der Waals surface area (Å²) >= 11 is 12.0. The van der Waals surface area contributed by atoms with E-state index in [1.54, 1.807) is 30.6 Å². The first-order valence-corrected chi connectivity index (χ1v) is 7.29. The Kier molecular flexibility index (Phi) is 4.13. The Balaban J connectivity index is 1.91. The summed E-state index contributed by atoms with van der Waals surface area (Å²) < 4.78 is 1.50. The molecular formula is C16H12Cl2N4. The van der Waals surface area contributed by atoms with Crippen LogP contribution in [0.4, 0.5) is 5.95 Å². The molecule has 2 N–H and O–H groups in total. The third-order valence-electron chi connectivity index (χ3n) is 3.06. The molecule has 0 aliphatic heterocycles. The largest absolute Gasteiger partial charge is 0.368 e. The summed E-state index contributed by atoms with van der Waals surface area (Å²) in [5.41, 5.74) is 8.33. The van der Waals surface area contributed by atoms with E-state index in [0.29, 0.717) is 21.6 Å². The number of hydrogen-bond acceptors (Lipinski definition) is 3. The van der Waals surface area contributed by atoms with Crippen molar-refractivity contribution in [3.63, 3.8) is 0 Å². The molecule has 0 bridgehead atoms. The highest BCUT2D eigenvalue weighted by Gasteiger charge is 2.06. The Morgan fingerprint density at radius 2 is 1.86 bits per heavy atom. The van der Waals surface area contributed by atoms with Crippen molar-refractivity contribution in [3.8, 4) is 11.3 Å². The molecule has 0 aliphatic rings. The van der Waals surface area contributed by atoms with E-state index in [9.17, 15) is 0 Å². The van der Waals surface area contributed by atoms with Crippen LogP contribution in [0.5, 0.6) is 0 Å². The Hall–Kier alpha value is -2.30. The third kappa shape index (κ3) is 3.13. The summed E-state index contributed by atoms with van der Waals surface area (Å²) in [5, 5.41) is 5.44. The van der Waals surface area contributed by atoms with Gasteiger partial charge in [0.2, 0.25) is 5.95 Å². The van der Waals surface area contributed by atoms with Crippen molar-refractivity contribution in [2.45, 2.75) is 0 Å². The van der Waals surface area contributed by atoms with Gasteiger partial charge in [0.05, 0.1) is 18.1 Å². The Morgan fingerprint density at radius 3 is 2.64 bits per heavy atom. The summed E-state index contributed by atoms with van der Waals surface area (Å²) in [4.78, 5) is 4.30. The van der Waals surface area contributed by atoms with Crippen molar-refractivity contribution >= 4 is 35.4 Å². The highest BCUT2D eigenvalue weighted by atomic mass is 35.5. The number of imidazole rings is 1. The standard InChI is InChI=1S/C16H12Cl2N4/c17-13-6-7-14(18)12(8-13)9-20-22-10-15(21-16(22)19)11-4-2-1-3-5-11/h1-10H,(H2,19,21). The van der Waals surface area contributed by atoms with Gasteiger partial charge in [-0.25, -0.2) is 9.66 Å². The van der Waals surface area contributed by atoms with Crippen LogP contribution in [0.15, 0.2) is 59.8 Å². The molecule has 3 aromatic rings. The maximum Gasteiger partial charge on any atom is 0.221 e. The van der Waals surface area contributed by atoms with Gasteiger partial charge in [0.25, 0.3) is 0 Å². The lowest BCUT2D eigenvalue weighted by molar-refractivity contribution is 0.898. The van der Waals surface area contributed by atoms with Crippen LogP contribution in [0.3, 0.4) is 0 Å². The van der Waals surface area contributed by atoms with Gasteiger partial charge in [-0.1, -0.05) is 53.5 Å². The highest BCUT2D eigenvalue weighted by molar-refractivity contribution is 6.35. The zero-order valence-corrected chi connectivity index (χ0v) is 13.0. The fraction of sp³-hybridized carbons (Fsp3) is 0. The van der Waals surface area contributed by atoms with Crippen LogP contribution in [0.25, 0.3) is 11.3 Å². The lowest BCUT2D eigenvalue weighted by atomic mass is 10.2. The van der Waals surface area contributed by atoms with Gasteiger partial charge < -0.3 is 5.73 Å². The number of aromatic nitrogens is 2. The van der Waals surface area contributed by atoms with Crippen LogP contribution in [0.2, 0.25) is 10.0 Å².